The number of amides is 1. The van der Waals surface area contributed by atoms with E-state index in [1.807, 2.05) is 6.92 Å². The number of ether oxygens (including phenoxy) is 3. The Bertz CT molecular complexity index is 804. The third-order valence-corrected chi connectivity index (χ3v) is 4.09. The summed E-state index contributed by atoms with van der Waals surface area (Å²) < 4.78 is 16.5. The summed E-state index contributed by atoms with van der Waals surface area (Å²) in [6, 6.07) is 14.2. The van der Waals surface area contributed by atoms with Crippen LogP contribution in [0.15, 0.2) is 48.5 Å². The lowest BCUT2D eigenvalue weighted by Gasteiger charge is -2.15. The Kier molecular flexibility index (Phi) is 5.93. The van der Waals surface area contributed by atoms with Gasteiger partial charge in [0.1, 0.15) is 17.6 Å². The molecule has 3 rings (SSSR count). The molecule has 1 aliphatic rings. The summed E-state index contributed by atoms with van der Waals surface area (Å²) in [5.74, 6) is 0.384. The standard InChI is InChI=1S/C20H21NO6/c1-2-25-13-7-9-14(10-8-13)26-16-6-4-3-5-15(16)21-19(22)17-11-12-18(27-17)20(23)24/h3-10,17-18H,2,11-12H2,1H3,(H,21,22)(H,23,24)/t17-,18+/m0/s1. The van der Waals surface area contributed by atoms with Gasteiger partial charge in [-0.15, -0.1) is 0 Å². The second kappa shape index (κ2) is 8.55. The van der Waals surface area contributed by atoms with Crippen molar-refractivity contribution in [3.63, 3.8) is 0 Å². The number of hydrogen-bond donors (Lipinski definition) is 2. The van der Waals surface area contributed by atoms with Crippen LogP contribution in [-0.2, 0) is 14.3 Å². The van der Waals surface area contributed by atoms with Crippen LogP contribution in [0.4, 0.5) is 5.69 Å². The zero-order valence-electron chi connectivity index (χ0n) is 14.9. The molecule has 0 bridgehead atoms. The summed E-state index contributed by atoms with van der Waals surface area (Å²) in [5, 5.41) is 11.7. The molecular weight excluding hydrogens is 350 g/mol. The number of benzene rings is 2. The maximum Gasteiger partial charge on any atom is 0.332 e. The van der Waals surface area contributed by atoms with Crippen molar-refractivity contribution in [2.75, 3.05) is 11.9 Å². The van der Waals surface area contributed by atoms with Crippen LogP contribution in [0.5, 0.6) is 17.2 Å². The molecule has 142 valence electrons. The number of carbonyl (C=O) groups excluding carboxylic acids is 1. The van der Waals surface area contributed by atoms with Crippen LogP contribution in [-0.4, -0.2) is 35.8 Å². The molecule has 1 fully saturated rings. The molecule has 2 atom stereocenters. The summed E-state index contributed by atoms with van der Waals surface area (Å²) in [6.07, 6.45) is -1.04. The van der Waals surface area contributed by atoms with E-state index < -0.39 is 18.2 Å². The number of rotatable bonds is 7. The molecule has 0 spiro atoms. The molecular formula is C20H21NO6. The van der Waals surface area contributed by atoms with Crippen molar-refractivity contribution in [1.29, 1.82) is 0 Å². The molecule has 1 saturated heterocycles. The third-order valence-electron chi connectivity index (χ3n) is 4.09. The first kappa shape index (κ1) is 18.7. The smallest absolute Gasteiger partial charge is 0.332 e. The van der Waals surface area contributed by atoms with E-state index in [1.54, 1.807) is 48.5 Å². The summed E-state index contributed by atoms with van der Waals surface area (Å²) in [6.45, 7) is 2.50. The lowest BCUT2D eigenvalue weighted by molar-refractivity contribution is -0.150. The SMILES string of the molecule is CCOc1ccc(Oc2ccccc2NC(=O)[C@@H]2CC[C@H](C(=O)O)O2)cc1. The van der Waals surface area contributed by atoms with Gasteiger partial charge in [-0.05, 0) is 56.2 Å². The molecule has 0 aliphatic carbocycles. The van der Waals surface area contributed by atoms with E-state index in [2.05, 4.69) is 5.32 Å². The Morgan fingerprint density at radius 3 is 2.41 bits per heavy atom. The van der Waals surface area contributed by atoms with Gasteiger partial charge >= 0.3 is 5.97 Å². The summed E-state index contributed by atoms with van der Waals surface area (Å²) in [4.78, 5) is 23.4. The maximum absolute atomic E-state index is 12.4. The minimum atomic E-state index is -1.05. The Balaban J connectivity index is 1.67. The van der Waals surface area contributed by atoms with Gasteiger partial charge in [0.2, 0.25) is 0 Å². The largest absolute Gasteiger partial charge is 0.494 e. The molecule has 7 heteroatoms. The van der Waals surface area contributed by atoms with Gasteiger partial charge in [0, 0.05) is 0 Å². The van der Waals surface area contributed by atoms with Crippen molar-refractivity contribution < 1.29 is 28.9 Å². The van der Waals surface area contributed by atoms with E-state index in [1.165, 1.54) is 0 Å². The van der Waals surface area contributed by atoms with Gasteiger partial charge < -0.3 is 24.6 Å². The van der Waals surface area contributed by atoms with Crippen molar-refractivity contribution in [2.24, 2.45) is 0 Å². The highest BCUT2D eigenvalue weighted by Gasteiger charge is 2.34. The van der Waals surface area contributed by atoms with E-state index in [-0.39, 0.29) is 5.91 Å². The Morgan fingerprint density at radius 2 is 1.74 bits per heavy atom. The second-order valence-electron chi connectivity index (χ2n) is 6.02. The predicted octanol–water partition coefficient (Wildman–Crippen LogP) is 3.45. The average molecular weight is 371 g/mol. The molecule has 2 aromatic rings. The molecule has 0 saturated carbocycles. The number of carboxylic acids is 1. The minimum absolute atomic E-state index is 0.317. The van der Waals surface area contributed by atoms with Crippen molar-refractivity contribution in [3.05, 3.63) is 48.5 Å². The van der Waals surface area contributed by atoms with Gasteiger partial charge in [-0.2, -0.15) is 0 Å². The van der Waals surface area contributed by atoms with Crippen LogP contribution >= 0.6 is 0 Å². The van der Waals surface area contributed by atoms with Crippen LogP contribution in [0.1, 0.15) is 19.8 Å². The van der Waals surface area contributed by atoms with Gasteiger partial charge in [0.15, 0.2) is 11.9 Å². The molecule has 27 heavy (non-hydrogen) atoms. The van der Waals surface area contributed by atoms with E-state index in [0.717, 1.165) is 5.75 Å². The zero-order valence-corrected chi connectivity index (χ0v) is 14.9. The molecule has 1 amide bonds. The topological polar surface area (TPSA) is 94.1 Å². The van der Waals surface area contributed by atoms with Crippen LogP contribution in [0.2, 0.25) is 0 Å². The summed E-state index contributed by atoms with van der Waals surface area (Å²) in [5.41, 5.74) is 0.485. The molecule has 2 aromatic carbocycles. The van der Waals surface area contributed by atoms with Crippen molar-refractivity contribution in [2.45, 2.75) is 32.0 Å². The minimum Gasteiger partial charge on any atom is -0.494 e. The van der Waals surface area contributed by atoms with Crippen molar-refractivity contribution in [1.82, 2.24) is 0 Å². The molecule has 0 aromatic heterocycles. The Morgan fingerprint density at radius 1 is 1.07 bits per heavy atom. The first-order chi connectivity index (χ1) is 13.1. The Labute approximate surface area is 156 Å². The number of hydrogen-bond acceptors (Lipinski definition) is 5. The highest BCUT2D eigenvalue weighted by atomic mass is 16.5. The van der Waals surface area contributed by atoms with E-state index in [0.29, 0.717) is 36.6 Å². The average Bonchev–Trinajstić information content (AvgIpc) is 3.16. The van der Waals surface area contributed by atoms with Crippen LogP contribution in [0.3, 0.4) is 0 Å². The zero-order chi connectivity index (χ0) is 19.2. The van der Waals surface area contributed by atoms with E-state index >= 15 is 0 Å². The molecule has 0 radical (unpaired) electrons. The second-order valence-corrected chi connectivity index (χ2v) is 6.02. The number of nitrogens with one attached hydrogen (secondary N) is 1. The van der Waals surface area contributed by atoms with Crippen LogP contribution < -0.4 is 14.8 Å². The van der Waals surface area contributed by atoms with Crippen LogP contribution in [0, 0.1) is 0 Å². The van der Waals surface area contributed by atoms with Crippen LogP contribution in [0.25, 0.3) is 0 Å². The quantitative estimate of drug-likeness (QED) is 0.774. The Hall–Kier alpha value is -3.06. The van der Waals surface area contributed by atoms with Gasteiger partial charge in [0.05, 0.1) is 12.3 Å². The number of anilines is 1. The normalized spacial score (nSPS) is 18.7. The summed E-state index contributed by atoms with van der Waals surface area (Å²) >= 11 is 0. The summed E-state index contributed by atoms with van der Waals surface area (Å²) in [7, 11) is 0. The highest BCUT2D eigenvalue weighted by Crippen LogP contribution is 2.31. The molecule has 1 heterocycles. The van der Waals surface area contributed by atoms with Gasteiger partial charge in [0.25, 0.3) is 5.91 Å². The lowest BCUT2D eigenvalue weighted by Crippen LogP contribution is -2.30. The van der Waals surface area contributed by atoms with Crippen molar-refractivity contribution >= 4 is 17.6 Å². The fraction of sp³-hybridized carbons (Fsp3) is 0.300. The fourth-order valence-corrected chi connectivity index (χ4v) is 2.78. The first-order valence-electron chi connectivity index (χ1n) is 8.75. The van der Waals surface area contributed by atoms with Crippen molar-refractivity contribution in [3.8, 4) is 17.2 Å². The van der Waals surface area contributed by atoms with Gasteiger partial charge in [-0.1, -0.05) is 12.1 Å². The van der Waals surface area contributed by atoms with Gasteiger partial charge in [-0.25, -0.2) is 4.79 Å². The molecule has 7 nitrogen and oxygen atoms in total. The van der Waals surface area contributed by atoms with Gasteiger partial charge in [-0.3, -0.25) is 4.79 Å². The maximum atomic E-state index is 12.4. The first-order valence-corrected chi connectivity index (χ1v) is 8.75. The predicted molar refractivity (Wildman–Crippen MR) is 98.3 cm³/mol. The fourth-order valence-electron chi connectivity index (χ4n) is 2.78. The number of aliphatic carboxylic acids is 1. The molecule has 1 aliphatic heterocycles. The number of carboxylic acid groups (broad SMARTS) is 1. The lowest BCUT2D eigenvalue weighted by atomic mass is 10.2. The number of carbonyl (C=O) groups is 2. The number of para-hydroxylation sites is 2. The van der Waals surface area contributed by atoms with E-state index in [9.17, 15) is 9.59 Å². The van der Waals surface area contributed by atoms with E-state index in [4.69, 9.17) is 19.3 Å². The highest BCUT2D eigenvalue weighted by molar-refractivity contribution is 5.96. The molecule has 2 N–H and O–H groups in total. The third kappa shape index (κ3) is 4.77. The monoisotopic (exact) mass is 371 g/mol. The molecule has 0 unspecified atom stereocenters.